The van der Waals surface area contributed by atoms with Crippen LogP contribution < -0.4 is 4.74 Å². The SMILES string of the molecule is COc1ccc(CN2C(=O)[C@H]3C=C(C(F)(F)F)[C@@H]2[C@@H]3Br)cc1. The summed E-state index contributed by atoms with van der Waals surface area (Å²) in [4.78, 5) is 13.0. The predicted octanol–water partition coefficient (Wildman–Crippen LogP) is 3.29. The van der Waals surface area contributed by atoms with Gasteiger partial charge in [0.05, 0.1) is 29.5 Å². The molecular weight excluding hydrogens is 363 g/mol. The minimum atomic E-state index is -4.41. The molecule has 2 aliphatic rings. The second kappa shape index (κ2) is 5.30. The number of carbonyl (C=O) groups is 1. The van der Waals surface area contributed by atoms with Gasteiger partial charge in [-0.05, 0) is 17.7 Å². The van der Waals surface area contributed by atoms with Crippen molar-refractivity contribution in [3.63, 3.8) is 0 Å². The summed E-state index contributed by atoms with van der Waals surface area (Å²) in [7, 11) is 1.54. The molecule has 0 saturated carbocycles. The number of rotatable bonds is 3. The van der Waals surface area contributed by atoms with Crippen LogP contribution in [0.3, 0.4) is 0 Å². The van der Waals surface area contributed by atoms with Crippen LogP contribution in [0.1, 0.15) is 5.56 Å². The first kappa shape index (κ1) is 15.4. The van der Waals surface area contributed by atoms with E-state index < -0.39 is 28.5 Å². The molecule has 0 aromatic heterocycles. The van der Waals surface area contributed by atoms with E-state index in [0.717, 1.165) is 11.6 Å². The standard InChI is InChI=1S/C15H13BrF3NO2/c1-22-9-4-2-8(3-5-9)7-20-13-11(15(17,18)19)6-10(12(13)16)14(20)21/h2-6,10,12-13H,7H2,1H3/t10-,12+,13+/m0/s1. The van der Waals surface area contributed by atoms with Crippen molar-refractivity contribution in [3.8, 4) is 5.75 Å². The minimum Gasteiger partial charge on any atom is -0.497 e. The summed E-state index contributed by atoms with van der Waals surface area (Å²) in [5, 5.41) is 0. The van der Waals surface area contributed by atoms with E-state index in [1.807, 2.05) is 0 Å². The first-order chi connectivity index (χ1) is 10.3. The number of ether oxygens (including phenoxy) is 1. The molecule has 1 aromatic carbocycles. The number of amides is 1. The molecule has 22 heavy (non-hydrogen) atoms. The van der Waals surface area contributed by atoms with Gasteiger partial charge < -0.3 is 9.64 Å². The Labute approximate surface area is 133 Å². The van der Waals surface area contributed by atoms with Crippen LogP contribution in [0.15, 0.2) is 35.9 Å². The van der Waals surface area contributed by atoms with Crippen molar-refractivity contribution in [2.75, 3.05) is 7.11 Å². The molecule has 7 heteroatoms. The van der Waals surface area contributed by atoms with E-state index in [2.05, 4.69) is 15.9 Å². The van der Waals surface area contributed by atoms with Gasteiger partial charge in [0, 0.05) is 6.54 Å². The predicted molar refractivity (Wildman–Crippen MR) is 77.7 cm³/mol. The van der Waals surface area contributed by atoms with Crippen LogP contribution in [-0.4, -0.2) is 35.0 Å². The fourth-order valence-electron chi connectivity index (χ4n) is 2.99. The fourth-order valence-corrected chi connectivity index (χ4v) is 3.94. The van der Waals surface area contributed by atoms with Gasteiger partial charge >= 0.3 is 6.18 Å². The van der Waals surface area contributed by atoms with Gasteiger partial charge in [0.25, 0.3) is 0 Å². The smallest absolute Gasteiger partial charge is 0.414 e. The van der Waals surface area contributed by atoms with Gasteiger partial charge in [-0.3, -0.25) is 4.79 Å². The number of hydrogen-bond acceptors (Lipinski definition) is 2. The van der Waals surface area contributed by atoms with E-state index in [0.29, 0.717) is 5.75 Å². The lowest BCUT2D eigenvalue weighted by Crippen LogP contribution is -2.41. The molecule has 1 aliphatic heterocycles. The molecular formula is C15H13BrF3NO2. The average Bonchev–Trinajstić information content (AvgIpc) is 2.91. The van der Waals surface area contributed by atoms with Gasteiger partial charge in [0.2, 0.25) is 5.91 Å². The topological polar surface area (TPSA) is 29.5 Å². The van der Waals surface area contributed by atoms with Crippen molar-refractivity contribution in [2.24, 2.45) is 5.92 Å². The summed E-state index contributed by atoms with van der Waals surface area (Å²) in [6, 6.07) is 5.98. The molecule has 3 nitrogen and oxygen atoms in total. The van der Waals surface area contributed by atoms with Crippen LogP contribution in [0.25, 0.3) is 0 Å². The Kier molecular flexibility index (Phi) is 3.71. The quantitative estimate of drug-likeness (QED) is 0.599. The van der Waals surface area contributed by atoms with Crippen LogP contribution in [0, 0.1) is 5.92 Å². The van der Waals surface area contributed by atoms with Crippen molar-refractivity contribution >= 4 is 21.8 Å². The van der Waals surface area contributed by atoms with Crippen LogP contribution in [0.2, 0.25) is 0 Å². The first-order valence-corrected chi connectivity index (χ1v) is 7.61. The first-order valence-electron chi connectivity index (χ1n) is 6.69. The Hall–Kier alpha value is -1.50. The zero-order chi connectivity index (χ0) is 16.1. The second-order valence-corrected chi connectivity index (χ2v) is 6.41. The van der Waals surface area contributed by atoms with Gasteiger partial charge in [-0.2, -0.15) is 13.2 Å². The van der Waals surface area contributed by atoms with Gasteiger partial charge in [0.1, 0.15) is 5.75 Å². The highest BCUT2D eigenvalue weighted by Crippen LogP contribution is 2.48. The number of halogens is 4. The third kappa shape index (κ3) is 2.41. The monoisotopic (exact) mass is 375 g/mol. The van der Waals surface area contributed by atoms with Crippen molar-refractivity contribution in [1.82, 2.24) is 4.90 Å². The van der Waals surface area contributed by atoms with E-state index in [1.165, 1.54) is 12.0 Å². The summed E-state index contributed by atoms with van der Waals surface area (Å²) >= 11 is 3.25. The van der Waals surface area contributed by atoms with E-state index in [9.17, 15) is 18.0 Å². The minimum absolute atomic E-state index is 0.152. The Bertz CT molecular complexity index is 627. The molecule has 1 fully saturated rings. The third-order valence-electron chi connectivity index (χ3n) is 4.07. The van der Waals surface area contributed by atoms with Crippen LogP contribution in [-0.2, 0) is 11.3 Å². The molecule has 118 valence electrons. The highest BCUT2D eigenvalue weighted by molar-refractivity contribution is 9.09. The number of likely N-dealkylation sites (tertiary alicyclic amines) is 1. The summed E-state index contributed by atoms with van der Waals surface area (Å²) < 4.78 is 44.3. The Morgan fingerprint density at radius 3 is 2.41 bits per heavy atom. The zero-order valence-electron chi connectivity index (χ0n) is 11.6. The van der Waals surface area contributed by atoms with Crippen molar-refractivity contribution in [2.45, 2.75) is 23.6 Å². The molecule has 1 saturated heterocycles. The number of benzene rings is 1. The van der Waals surface area contributed by atoms with E-state index in [1.54, 1.807) is 24.3 Å². The van der Waals surface area contributed by atoms with Crippen molar-refractivity contribution in [1.29, 1.82) is 0 Å². The fraction of sp³-hybridized carbons (Fsp3) is 0.400. The molecule has 0 unspecified atom stereocenters. The number of nitrogens with zero attached hydrogens (tertiary/aromatic N) is 1. The molecule has 1 heterocycles. The maximum atomic E-state index is 13.1. The number of fused-ring (bicyclic) bond motifs is 2. The number of hydrogen-bond donors (Lipinski definition) is 0. The van der Waals surface area contributed by atoms with Crippen LogP contribution in [0.4, 0.5) is 13.2 Å². The van der Waals surface area contributed by atoms with E-state index in [4.69, 9.17) is 4.74 Å². The lowest BCUT2D eigenvalue weighted by atomic mass is 10.1. The second-order valence-electron chi connectivity index (χ2n) is 5.35. The Balaban J connectivity index is 1.85. The summed E-state index contributed by atoms with van der Waals surface area (Å²) in [6.45, 7) is 0.152. The molecule has 3 rings (SSSR count). The number of carbonyl (C=O) groups excluding carboxylic acids is 1. The normalized spacial score (nSPS) is 27.3. The molecule has 1 aliphatic carbocycles. The molecule has 1 amide bonds. The maximum Gasteiger partial charge on any atom is 0.414 e. The maximum absolute atomic E-state index is 13.1. The highest BCUT2D eigenvalue weighted by atomic mass is 79.9. The van der Waals surface area contributed by atoms with Crippen LogP contribution >= 0.6 is 15.9 Å². The Morgan fingerprint density at radius 2 is 1.91 bits per heavy atom. The van der Waals surface area contributed by atoms with Crippen LogP contribution in [0.5, 0.6) is 5.75 Å². The molecule has 0 N–H and O–H groups in total. The average molecular weight is 376 g/mol. The summed E-state index contributed by atoms with van der Waals surface area (Å²) in [5.41, 5.74) is 0.135. The van der Waals surface area contributed by atoms with Gasteiger partial charge in [0.15, 0.2) is 0 Å². The van der Waals surface area contributed by atoms with E-state index >= 15 is 0 Å². The summed E-state index contributed by atoms with van der Waals surface area (Å²) in [6.07, 6.45) is -3.36. The lowest BCUT2D eigenvalue weighted by Gasteiger charge is -2.30. The lowest BCUT2D eigenvalue weighted by molar-refractivity contribution is -0.134. The molecule has 0 radical (unpaired) electrons. The van der Waals surface area contributed by atoms with Gasteiger partial charge in [-0.1, -0.05) is 34.1 Å². The molecule has 3 atom stereocenters. The summed E-state index contributed by atoms with van der Waals surface area (Å²) in [5.74, 6) is -0.345. The van der Waals surface area contributed by atoms with Gasteiger partial charge in [-0.15, -0.1) is 0 Å². The third-order valence-corrected chi connectivity index (χ3v) is 5.14. The Morgan fingerprint density at radius 1 is 1.27 bits per heavy atom. The van der Waals surface area contributed by atoms with Crippen molar-refractivity contribution in [3.05, 3.63) is 41.5 Å². The number of methoxy groups -OCH3 is 1. The van der Waals surface area contributed by atoms with Crippen molar-refractivity contribution < 1.29 is 22.7 Å². The highest BCUT2D eigenvalue weighted by Gasteiger charge is 2.58. The van der Waals surface area contributed by atoms with E-state index in [-0.39, 0.29) is 12.5 Å². The molecule has 1 aromatic rings. The number of alkyl halides is 4. The van der Waals surface area contributed by atoms with Gasteiger partial charge in [-0.25, -0.2) is 0 Å². The molecule has 2 bridgehead atoms. The zero-order valence-corrected chi connectivity index (χ0v) is 13.2. The molecule has 0 spiro atoms. The largest absolute Gasteiger partial charge is 0.497 e.